The molecule has 8 nitrogen and oxygen atoms in total. The van der Waals surface area contributed by atoms with Crippen molar-refractivity contribution in [3.8, 4) is 0 Å². The van der Waals surface area contributed by atoms with Gasteiger partial charge in [-0.15, -0.1) is 0 Å². The van der Waals surface area contributed by atoms with Crippen molar-refractivity contribution in [2.24, 2.45) is 34.5 Å². The lowest BCUT2D eigenvalue weighted by Crippen LogP contribution is -2.82. The number of piperidine rings is 1. The summed E-state index contributed by atoms with van der Waals surface area (Å²) in [4.78, 5) is 2.23. The van der Waals surface area contributed by atoms with Gasteiger partial charge in [0.25, 0.3) is 0 Å². The number of fused-ring (bicyclic) bond motifs is 2. The predicted molar refractivity (Wildman–Crippen MR) is 114 cm³/mol. The molecule has 5 saturated carbocycles. The van der Waals surface area contributed by atoms with Gasteiger partial charge < -0.3 is 34.6 Å². The maximum absolute atomic E-state index is 12.8. The van der Waals surface area contributed by atoms with E-state index in [2.05, 4.69) is 11.8 Å². The molecule has 182 valence electrons. The second kappa shape index (κ2) is 6.66. The zero-order valence-electron chi connectivity index (χ0n) is 19.6. The van der Waals surface area contributed by atoms with Gasteiger partial charge >= 0.3 is 0 Å². The van der Waals surface area contributed by atoms with Crippen LogP contribution in [0.4, 0.5) is 0 Å². The van der Waals surface area contributed by atoms with Crippen molar-refractivity contribution in [1.29, 1.82) is 0 Å². The summed E-state index contributed by atoms with van der Waals surface area (Å²) >= 11 is 0. The summed E-state index contributed by atoms with van der Waals surface area (Å²) in [6.07, 6.45) is 0.570. The predicted octanol–water partition coefficient (Wildman–Crippen LogP) is -0.383. The van der Waals surface area contributed by atoms with Crippen LogP contribution in [0.15, 0.2) is 0 Å². The highest BCUT2D eigenvalue weighted by molar-refractivity contribution is 5.41. The molecule has 1 aliphatic heterocycles. The first-order valence-corrected chi connectivity index (χ1v) is 12.3. The normalized spacial score (nSPS) is 62.4. The summed E-state index contributed by atoms with van der Waals surface area (Å²) in [5.74, 6) is -0.488. The Kier molecular flexibility index (Phi) is 4.62. The number of likely N-dealkylation sites (tertiary alicyclic amines) is 1. The minimum atomic E-state index is -1.60. The van der Waals surface area contributed by atoms with Crippen LogP contribution in [0.2, 0.25) is 0 Å². The van der Waals surface area contributed by atoms with E-state index in [0.717, 1.165) is 6.42 Å². The Morgan fingerprint density at radius 1 is 1.09 bits per heavy atom. The van der Waals surface area contributed by atoms with Crippen molar-refractivity contribution in [2.75, 3.05) is 41.0 Å². The molecule has 5 aliphatic carbocycles. The molecule has 0 unspecified atom stereocenters. The number of hydrogen-bond acceptors (Lipinski definition) is 8. The highest BCUT2D eigenvalue weighted by atomic mass is 16.5. The maximum atomic E-state index is 12.8. The third kappa shape index (κ3) is 1.96. The van der Waals surface area contributed by atoms with E-state index in [1.165, 1.54) is 0 Å². The van der Waals surface area contributed by atoms with Crippen LogP contribution in [0.5, 0.6) is 0 Å². The summed E-state index contributed by atoms with van der Waals surface area (Å²) < 4.78 is 18.0. The fourth-order valence-corrected chi connectivity index (χ4v) is 10.7. The molecule has 0 radical (unpaired) electrons. The number of aliphatic hydroxyl groups is 4. The van der Waals surface area contributed by atoms with Gasteiger partial charge in [0.15, 0.2) is 0 Å². The molecule has 1 heterocycles. The van der Waals surface area contributed by atoms with E-state index >= 15 is 0 Å². The van der Waals surface area contributed by atoms with Gasteiger partial charge in [0.1, 0.15) is 11.2 Å². The lowest BCUT2D eigenvalue weighted by molar-refractivity contribution is -0.318. The topological polar surface area (TPSA) is 112 Å². The first-order valence-electron chi connectivity index (χ1n) is 12.3. The van der Waals surface area contributed by atoms with Crippen molar-refractivity contribution in [3.63, 3.8) is 0 Å². The van der Waals surface area contributed by atoms with Crippen LogP contribution >= 0.6 is 0 Å². The number of nitrogens with zero attached hydrogens (tertiary/aromatic N) is 1. The molecular weight excluding hydrogens is 414 g/mol. The van der Waals surface area contributed by atoms with Crippen molar-refractivity contribution < 1.29 is 34.6 Å². The molecule has 0 aromatic carbocycles. The molecule has 13 atom stereocenters. The Bertz CT molecular complexity index is 798. The second-order valence-electron chi connectivity index (χ2n) is 11.6. The Morgan fingerprint density at radius 2 is 1.84 bits per heavy atom. The Morgan fingerprint density at radius 3 is 2.44 bits per heavy atom. The summed E-state index contributed by atoms with van der Waals surface area (Å²) in [5, 5.41) is 48.0. The summed E-state index contributed by atoms with van der Waals surface area (Å²) in [7, 11) is 4.95. The van der Waals surface area contributed by atoms with Gasteiger partial charge in [-0.05, 0) is 31.7 Å². The molecule has 6 rings (SSSR count). The fraction of sp³-hybridized carbons (Fsp3) is 1.00. The average molecular weight is 454 g/mol. The average Bonchev–Trinajstić information content (AvgIpc) is 3.21. The van der Waals surface area contributed by atoms with Gasteiger partial charge in [0, 0.05) is 62.9 Å². The molecule has 6 fully saturated rings. The Hall–Kier alpha value is -0.320. The quantitative estimate of drug-likeness (QED) is 0.446. The largest absolute Gasteiger partial charge is 0.396 e. The number of aliphatic hydroxyl groups excluding tert-OH is 2. The lowest BCUT2D eigenvalue weighted by Gasteiger charge is -2.69. The third-order valence-electron chi connectivity index (χ3n) is 11.4. The Balaban J connectivity index is 1.68. The van der Waals surface area contributed by atoms with Gasteiger partial charge in [-0.25, -0.2) is 0 Å². The van der Waals surface area contributed by atoms with Crippen molar-refractivity contribution in [3.05, 3.63) is 0 Å². The molecule has 1 spiro atoms. The number of methoxy groups -OCH3 is 3. The smallest absolute Gasteiger partial charge is 0.136 e. The molecule has 0 amide bonds. The molecule has 32 heavy (non-hydrogen) atoms. The van der Waals surface area contributed by atoms with Gasteiger partial charge in [0.2, 0.25) is 0 Å². The fourth-order valence-electron chi connectivity index (χ4n) is 10.7. The molecule has 0 aromatic heterocycles. The van der Waals surface area contributed by atoms with E-state index in [0.29, 0.717) is 32.4 Å². The van der Waals surface area contributed by atoms with Crippen molar-refractivity contribution in [2.45, 2.75) is 74.3 Å². The summed E-state index contributed by atoms with van der Waals surface area (Å²) in [6, 6.07) is -0.442. The van der Waals surface area contributed by atoms with Crippen LogP contribution in [-0.2, 0) is 14.2 Å². The van der Waals surface area contributed by atoms with E-state index in [9.17, 15) is 20.4 Å². The van der Waals surface area contributed by atoms with E-state index in [-0.39, 0.29) is 42.5 Å². The molecule has 4 N–H and O–H groups in total. The summed E-state index contributed by atoms with van der Waals surface area (Å²) in [5.41, 5.74) is -4.23. The van der Waals surface area contributed by atoms with Gasteiger partial charge in [0.05, 0.1) is 37.1 Å². The molecule has 0 aromatic rings. The molecule has 8 heteroatoms. The zero-order chi connectivity index (χ0) is 22.8. The highest BCUT2D eigenvalue weighted by Gasteiger charge is 2.91. The van der Waals surface area contributed by atoms with Crippen LogP contribution in [0, 0.1) is 34.5 Å². The minimum absolute atomic E-state index is 0.0149. The van der Waals surface area contributed by atoms with E-state index < -0.39 is 40.3 Å². The van der Waals surface area contributed by atoms with Crippen LogP contribution in [0.25, 0.3) is 0 Å². The van der Waals surface area contributed by atoms with Crippen molar-refractivity contribution >= 4 is 0 Å². The molecule has 6 aliphatic rings. The number of ether oxygens (including phenoxy) is 3. The lowest BCUT2D eigenvalue weighted by atomic mass is 9.42. The monoisotopic (exact) mass is 453 g/mol. The van der Waals surface area contributed by atoms with E-state index in [1.54, 1.807) is 21.3 Å². The van der Waals surface area contributed by atoms with Gasteiger partial charge in [-0.1, -0.05) is 6.92 Å². The number of rotatable bonds is 5. The first kappa shape index (κ1) is 22.2. The number of likely N-dealkylation sites (N-methyl/N-ethyl adjacent to an activating group) is 1. The second-order valence-corrected chi connectivity index (χ2v) is 11.6. The number of hydrogen-bond donors (Lipinski definition) is 4. The van der Waals surface area contributed by atoms with Gasteiger partial charge in [-0.2, -0.15) is 0 Å². The zero-order valence-corrected chi connectivity index (χ0v) is 19.6. The van der Waals surface area contributed by atoms with Crippen molar-refractivity contribution in [1.82, 2.24) is 4.90 Å². The van der Waals surface area contributed by atoms with E-state index in [4.69, 9.17) is 14.2 Å². The minimum Gasteiger partial charge on any atom is -0.396 e. The van der Waals surface area contributed by atoms with E-state index in [1.807, 2.05) is 0 Å². The third-order valence-corrected chi connectivity index (χ3v) is 11.4. The SMILES string of the molecule is CCN1C[C@]2(CO)CC[C@H](O)[C@@]34[C@@H]5C[C@H]6[C@H](OC)[C@@H]5[C@](O)(C[C@@H]6OC)[C@](O)([C@@H](OC)[C@H]23)[C@@H]14. The van der Waals surface area contributed by atoms with Gasteiger partial charge in [-0.3, -0.25) is 4.90 Å². The standard InChI is InChI=1S/C24H39NO7/c1-5-25-10-21(11-26)7-6-15(27)23-13-8-12-14(30-2)9-22(28,16(13)17(12)31-3)24(29,20(23)25)19(32-4)18(21)23/h12-20,26-29H,5-11H2,1-4H3/t12-,13-,14+,15+,16-,17+,18-,19+,20+,21+,22-,23+,24+/m1/s1. The van der Waals surface area contributed by atoms with Crippen LogP contribution < -0.4 is 0 Å². The molecule has 1 saturated heterocycles. The van der Waals surface area contributed by atoms with Crippen LogP contribution in [0.1, 0.15) is 32.6 Å². The molecular formula is C24H39NO7. The summed E-state index contributed by atoms with van der Waals surface area (Å²) in [6.45, 7) is 3.36. The Labute approximate surface area is 189 Å². The van der Waals surface area contributed by atoms with Crippen LogP contribution in [-0.4, -0.2) is 108 Å². The maximum Gasteiger partial charge on any atom is 0.136 e. The molecule has 7 bridgehead atoms. The van der Waals surface area contributed by atoms with Crippen LogP contribution in [0.3, 0.4) is 0 Å². The first-order chi connectivity index (χ1) is 15.3. The highest BCUT2D eigenvalue weighted by Crippen LogP contribution is 2.80.